The standard InChI is InChI=1S/C24H19F3N4O3S/c25-24(26,27)15-9-7-13(8-10-15)16-3-1-2-4-17(16)20(32)28-11-23(21(33)30-22(34)31-23)19-18(14-5-6-14)35-12-29-19/h1-4,7-10,12,14H,5-6,11H2,(H,28,32)(H2,30,31,33,34)/t23-/m1/s1. The summed E-state index contributed by atoms with van der Waals surface area (Å²) in [6.07, 6.45) is -2.54. The quantitative estimate of drug-likeness (QED) is 0.443. The van der Waals surface area contributed by atoms with E-state index in [1.165, 1.54) is 23.5 Å². The van der Waals surface area contributed by atoms with Crippen molar-refractivity contribution in [3.05, 3.63) is 75.7 Å². The number of alkyl halides is 3. The van der Waals surface area contributed by atoms with Crippen LogP contribution >= 0.6 is 11.3 Å². The number of thiazole rings is 1. The highest BCUT2D eigenvalue weighted by Crippen LogP contribution is 2.46. The first kappa shape index (κ1) is 23.0. The molecule has 3 N–H and O–H groups in total. The highest BCUT2D eigenvalue weighted by Gasteiger charge is 2.52. The van der Waals surface area contributed by atoms with E-state index in [-0.39, 0.29) is 18.0 Å². The summed E-state index contributed by atoms with van der Waals surface area (Å²) in [6.45, 7) is -0.242. The van der Waals surface area contributed by atoms with Gasteiger partial charge in [-0.2, -0.15) is 13.2 Å². The number of imide groups is 1. The van der Waals surface area contributed by atoms with E-state index in [4.69, 9.17) is 0 Å². The zero-order chi connectivity index (χ0) is 24.8. The van der Waals surface area contributed by atoms with Crippen molar-refractivity contribution in [1.29, 1.82) is 0 Å². The maximum absolute atomic E-state index is 13.2. The molecule has 2 aliphatic rings. The molecule has 1 aliphatic carbocycles. The van der Waals surface area contributed by atoms with E-state index in [1.54, 1.807) is 29.8 Å². The molecule has 0 spiro atoms. The van der Waals surface area contributed by atoms with Crippen LogP contribution in [0.25, 0.3) is 11.1 Å². The lowest BCUT2D eigenvalue weighted by Gasteiger charge is -2.26. The molecule has 0 radical (unpaired) electrons. The van der Waals surface area contributed by atoms with Crippen LogP contribution < -0.4 is 16.0 Å². The molecule has 0 unspecified atom stereocenters. The van der Waals surface area contributed by atoms with Crippen LogP contribution in [0.15, 0.2) is 54.0 Å². The number of hydrogen-bond acceptors (Lipinski definition) is 5. The molecule has 1 saturated carbocycles. The van der Waals surface area contributed by atoms with Gasteiger partial charge in [0.1, 0.15) is 0 Å². The van der Waals surface area contributed by atoms with E-state index < -0.39 is 35.1 Å². The Morgan fingerprint density at radius 1 is 1.11 bits per heavy atom. The van der Waals surface area contributed by atoms with Crippen molar-refractivity contribution in [2.45, 2.75) is 30.5 Å². The second-order valence-electron chi connectivity index (χ2n) is 8.46. The van der Waals surface area contributed by atoms with Crippen LogP contribution in [0, 0.1) is 0 Å². The van der Waals surface area contributed by atoms with Gasteiger partial charge in [0.05, 0.1) is 23.3 Å². The number of carbonyl (C=O) groups excluding carboxylic acids is 3. The van der Waals surface area contributed by atoms with Crippen molar-refractivity contribution in [3.8, 4) is 11.1 Å². The number of amides is 4. The Morgan fingerprint density at radius 3 is 2.46 bits per heavy atom. The Bertz CT molecular complexity index is 1320. The van der Waals surface area contributed by atoms with Crippen LogP contribution in [0.5, 0.6) is 0 Å². The predicted octanol–water partition coefficient (Wildman–Crippen LogP) is 4.17. The van der Waals surface area contributed by atoms with E-state index in [2.05, 4.69) is 20.9 Å². The topological polar surface area (TPSA) is 100 Å². The van der Waals surface area contributed by atoms with Crippen molar-refractivity contribution < 1.29 is 27.6 Å². The van der Waals surface area contributed by atoms with Gasteiger partial charge < -0.3 is 10.6 Å². The van der Waals surface area contributed by atoms with Crippen LogP contribution in [-0.4, -0.2) is 29.4 Å². The molecule has 180 valence electrons. The third-order valence-electron chi connectivity index (χ3n) is 6.10. The first-order valence-electron chi connectivity index (χ1n) is 10.8. The Kier molecular flexibility index (Phi) is 5.59. The first-order valence-corrected chi connectivity index (χ1v) is 11.7. The minimum Gasteiger partial charge on any atom is -0.349 e. The summed E-state index contributed by atoms with van der Waals surface area (Å²) in [4.78, 5) is 43.4. The smallest absolute Gasteiger partial charge is 0.349 e. The van der Waals surface area contributed by atoms with Crippen molar-refractivity contribution in [2.75, 3.05) is 6.54 Å². The fourth-order valence-electron chi connectivity index (χ4n) is 4.16. The van der Waals surface area contributed by atoms with E-state index >= 15 is 0 Å². The van der Waals surface area contributed by atoms with Gasteiger partial charge in [0, 0.05) is 10.4 Å². The molecule has 7 nitrogen and oxygen atoms in total. The molecule has 11 heteroatoms. The molecule has 1 aromatic heterocycles. The van der Waals surface area contributed by atoms with Crippen molar-refractivity contribution in [2.24, 2.45) is 0 Å². The second kappa shape index (κ2) is 8.49. The summed E-state index contributed by atoms with van der Waals surface area (Å²) < 4.78 is 38.8. The van der Waals surface area contributed by atoms with Gasteiger partial charge in [-0.15, -0.1) is 11.3 Å². The molecular formula is C24H19F3N4O3S. The SMILES string of the molecule is O=C1NC(=O)[C@@](CNC(=O)c2ccccc2-c2ccc(C(F)(F)F)cc2)(c2ncsc2C2CC2)N1. The highest BCUT2D eigenvalue weighted by atomic mass is 32.1. The summed E-state index contributed by atoms with van der Waals surface area (Å²) in [5.41, 5.74) is 0.777. The highest BCUT2D eigenvalue weighted by molar-refractivity contribution is 7.09. The van der Waals surface area contributed by atoms with Gasteiger partial charge in [-0.05, 0) is 48.1 Å². The zero-order valence-corrected chi connectivity index (χ0v) is 18.9. The molecule has 1 atom stereocenters. The number of aromatic nitrogens is 1. The van der Waals surface area contributed by atoms with Gasteiger partial charge in [0.25, 0.3) is 11.8 Å². The van der Waals surface area contributed by atoms with Crippen molar-refractivity contribution in [1.82, 2.24) is 20.9 Å². The third-order valence-corrected chi connectivity index (χ3v) is 7.09. The lowest BCUT2D eigenvalue weighted by atomic mass is 9.92. The molecule has 1 saturated heterocycles. The lowest BCUT2D eigenvalue weighted by molar-refractivity contribution is -0.137. The molecule has 2 aromatic carbocycles. The summed E-state index contributed by atoms with van der Waals surface area (Å²) >= 11 is 1.41. The van der Waals surface area contributed by atoms with Crippen LogP contribution in [0.1, 0.15) is 45.3 Å². The summed E-state index contributed by atoms with van der Waals surface area (Å²) in [6, 6.07) is 10.3. The molecule has 4 amide bonds. The van der Waals surface area contributed by atoms with E-state index in [0.29, 0.717) is 16.8 Å². The molecular weight excluding hydrogens is 481 g/mol. The van der Waals surface area contributed by atoms with Crippen molar-refractivity contribution >= 4 is 29.2 Å². The Hall–Kier alpha value is -3.73. The first-order chi connectivity index (χ1) is 16.7. The third kappa shape index (κ3) is 4.27. The molecule has 5 rings (SSSR count). The van der Waals surface area contributed by atoms with Crippen molar-refractivity contribution in [3.63, 3.8) is 0 Å². The Morgan fingerprint density at radius 2 is 1.83 bits per heavy atom. The monoisotopic (exact) mass is 500 g/mol. The average Bonchev–Trinajstić information content (AvgIpc) is 3.48. The van der Waals surface area contributed by atoms with E-state index in [0.717, 1.165) is 29.9 Å². The number of urea groups is 1. The van der Waals surface area contributed by atoms with Gasteiger partial charge in [0.15, 0.2) is 5.54 Å². The van der Waals surface area contributed by atoms with E-state index in [1.807, 2.05) is 0 Å². The summed E-state index contributed by atoms with van der Waals surface area (Å²) in [7, 11) is 0. The fraction of sp³-hybridized carbons (Fsp3) is 0.250. The normalized spacial score (nSPS) is 19.9. The van der Waals surface area contributed by atoms with Gasteiger partial charge in [-0.3, -0.25) is 14.9 Å². The number of rotatable bonds is 6. The van der Waals surface area contributed by atoms with Crippen LogP contribution in [-0.2, 0) is 16.5 Å². The molecule has 1 aliphatic heterocycles. The number of hydrogen-bond donors (Lipinski definition) is 3. The lowest BCUT2D eigenvalue weighted by Crippen LogP contribution is -2.53. The molecule has 0 bridgehead atoms. The van der Waals surface area contributed by atoms with E-state index in [9.17, 15) is 27.6 Å². The van der Waals surface area contributed by atoms with Crippen LogP contribution in [0.2, 0.25) is 0 Å². The average molecular weight is 501 g/mol. The summed E-state index contributed by atoms with van der Waals surface area (Å²) in [5, 5.41) is 7.60. The maximum atomic E-state index is 13.2. The molecule has 2 fully saturated rings. The van der Waals surface area contributed by atoms with Gasteiger partial charge in [0.2, 0.25) is 0 Å². The number of benzene rings is 2. The number of nitrogens with zero attached hydrogens (tertiary/aromatic N) is 1. The molecule has 3 aromatic rings. The van der Waals surface area contributed by atoms with Crippen LogP contribution in [0.3, 0.4) is 0 Å². The number of nitrogens with one attached hydrogen (secondary N) is 3. The van der Waals surface area contributed by atoms with Gasteiger partial charge in [-0.1, -0.05) is 30.3 Å². The summed E-state index contributed by atoms with van der Waals surface area (Å²) in [5.74, 6) is -0.876. The minimum absolute atomic E-state index is 0.216. The second-order valence-corrected chi connectivity index (χ2v) is 9.34. The maximum Gasteiger partial charge on any atom is 0.416 e. The largest absolute Gasteiger partial charge is 0.416 e. The number of carbonyl (C=O) groups is 3. The molecule has 2 heterocycles. The molecule has 35 heavy (non-hydrogen) atoms. The fourth-order valence-corrected chi connectivity index (χ4v) is 5.20. The zero-order valence-electron chi connectivity index (χ0n) is 18.1. The minimum atomic E-state index is -4.47. The predicted molar refractivity (Wildman–Crippen MR) is 122 cm³/mol. The number of halogens is 3. The van der Waals surface area contributed by atoms with Gasteiger partial charge in [-0.25, -0.2) is 9.78 Å². The Balaban J connectivity index is 1.42. The van der Waals surface area contributed by atoms with Crippen LogP contribution in [0.4, 0.5) is 18.0 Å². The Labute approximate surface area is 201 Å². The van der Waals surface area contributed by atoms with Gasteiger partial charge >= 0.3 is 12.2 Å².